The summed E-state index contributed by atoms with van der Waals surface area (Å²) in [5.41, 5.74) is 0. The lowest BCUT2D eigenvalue weighted by atomic mass is 9.87. The molecule has 3 heterocycles. The minimum absolute atomic E-state index is 0.0110. The Bertz CT molecular complexity index is 259. The van der Waals surface area contributed by atoms with Crippen molar-refractivity contribution in [2.45, 2.75) is 24.9 Å². The van der Waals surface area contributed by atoms with E-state index in [4.69, 9.17) is 5.26 Å². The molecule has 0 N–H and O–H groups in total. The van der Waals surface area contributed by atoms with E-state index in [-0.39, 0.29) is 12.3 Å². The molecule has 0 aromatic carbocycles. The number of nitrogens with zero attached hydrogens (tertiary/aromatic N) is 3. The van der Waals surface area contributed by atoms with E-state index < -0.39 is 0 Å². The summed E-state index contributed by atoms with van der Waals surface area (Å²) in [6.45, 7) is 1.93. The van der Waals surface area contributed by atoms with Crippen LogP contribution in [0.2, 0.25) is 0 Å². The second-order valence-electron chi connectivity index (χ2n) is 3.90. The fourth-order valence-electron chi connectivity index (χ4n) is 2.39. The van der Waals surface area contributed by atoms with E-state index in [9.17, 15) is 4.79 Å². The normalized spacial score (nSPS) is 32.2. The predicted octanol–water partition coefficient (Wildman–Crippen LogP) is -0.185. The monoisotopic (exact) mass is 179 g/mol. The van der Waals surface area contributed by atoms with Crippen LogP contribution < -0.4 is 0 Å². The molecule has 0 spiro atoms. The standard InChI is InChI=1S/C9H13N3O/c1-11-5-7-4-8(6-11)12(7)9(13)2-3-10/h7-8H,2,4-6H2,1H3. The second-order valence-corrected chi connectivity index (χ2v) is 3.90. The maximum Gasteiger partial charge on any atom is 0.237 e. The summed E-state index contributed by atoms with van der Waals surface area (Å²) in [7, 11) is 2.07. The minimum Gasteiger partial charge on any atom is -0.333 e. The average molecular weight is 179 g/mol. The van der Waals surface area contributed by atoms with Crippen molar-refractivity contribution in [3.63, 3.8) is 0 Å². The van der Waals surface area contributed by atoms with Gasteiger partial charge in [0.05, 0.1) is 6.07 Å². The summed E-state index contributed by atoms with van der Waals surface area (Å²) in [6, 6.07) is 2.67. The van der Waals surface area contributed by atoms with E-state index in [0.717, 1.165) is 19.5 Å². The topological polar surface area (TPSA) is 47.3 Å². The molecule has 0 saturated carbocycles. The number of rotatable bonds is 1. The summed E-state index contributed by atoms with van der Waals surface area (Å²) in [5, 5.41) is 8.41. The van der Waals surface area contributed by atoms with Crippen LogP contribution in [0.1, 0.15) is 12.8 Å². The molecule has 0 aromatic rings. The maximum absolute atomic E-state index is 11.4. The van der Waals surface area contributed by atoms with Crippen LogP contribution in [0.4, 0.5) is 0 Å². The maximum atomic E-state index is 11.4. The number of piperidine rings is 1. The van der Waals surface area contributed by atoms with E-state index in [1.165, 1.54) is 0 Å². The lowest BCUT2D eigenvalue weighted by Gasteiger charge is -2.55. The van der Waals surface area contributed by atoms with Crippen molar-refractivity contribution in [3.8, 4) is 6.07 Å². The molecule has 3 aliphatic rings. The second kappa shape index (κ2) is 3.00. The molecule has 13 heavy (non-hydrogen) atoms. The number of nitriles is 1. The van der Waals surface area contributed by atoms with Gasteiger partial charge in [0.2, 0.25) is 5.91 Å². The molecule has 2 unspecified atom stereocenters. The van der Waals surface area contributed by atoms with Gasteiger partial charge in [0.25, 0.3) is 0 Å². The number of hydrogen-bond donors (Lipinski definition) is 0. The Kier molecular flexibility index (Phi) is 1.97. The van der Waals surface area contributed by atoms with Crippen molar-refractivity contribution in [1.29, 1.82) is 5.26 Å². The highest BCUT2D eigenvalue weighted by molar-refractivity contribution is 5.80. The Hall–Kier alpha value is -1.08. The fraction of sp³-hybridized carbons (Fsp3) is 0.778. The number of carbonyl (C=O) groups excluding carboxylic acids is 1. The number of carbonyl (C=O) groups is 1. The van der Waals surface area contributed by atoms with Gasteiger partial charge in [0.1, 0.15) is 6.42 Å². The van der Waals surface area contributed by atoms with Crippen LogP contribution in [0.3, 0.4) is 0 Å². The lowest BCUT2D eigenvalue weighted by molar-refractivity contribution is -0.151. The van der Waals surface area contributed by atoms with E-state index in [1.54, 1.807) is 0 Å². The molecule has 2 bridgehead atoms. The lowest BCUT2D eigenvalue weighted by Crippen LogP contribution is -2.69. The first-order valence-electron chi connectivity index (χ1n) is 4.59. The van der Waals surface area contributed by atoms with Gasteiger partial charge in [0, 0.05) is 25.2 Å². The van der Waals surface area contributed by atoms with Crippen molar-refractivity contribution < 1.29 is 4.79 Å². The molecule has 1 amide bonds. The van der Waals surface area contributed by atoms with E-state index >= 15 is 0 Å². The van der Waals surface area contributed by atoms with Gasteiger partial charge in [-0.05, 0) is 13.5 Å². The molecule has 4 heteroatoms. The quantitative estimate of drug-likeness (QED) is 0.560. The number of fused-ring (bicyclic) bond motifs is 2. The smallest absolute Gasteiger partial charge is 0.237 e. The van der Waals surface area contributed by atoms with Crippen LogP contribution in [0.15, 0.2) is 0 Å². The van der Waals surface area contributed by atoms with E-state index in [2.05, 4.69) is 11.9 Å². The summed E-state index contributed by atoms with van der Waals surface area (Å²) in [6.07, 6.45) is 1.16. The van der Waals surface area contributed by atoms with Crippen molar-refractivity contribution in [3.05, 3.63) is 0 Å². The zero-order valence-corrected chi connectivity index (χ0v) is 7.73. The van der Waals surface area contributed by atoms with Gasteiger partial charge in [0.15, 0.2) is 0 Å². The number of amides is 1. The van der Waals surface area contributed by atoms with Crippen molar-refractivity contribution in [1.82, 2.24) is 9.80 Å². The molecule has 3 rings (SSSR count). The minimum atomic E-state index is 0.0110. The van der Waals surface area contributed by atoms with Crippen LogP contribution in [0, 0.1) is 11.3 Å². The van der Waals surface area contributed by atoms with Gasteiger partial charge in [-0.3, -0.25) is 4.79 Å². The number of hydrogen-bond acceptors (Lipinski definition) is 3. The highest BCUT2D eigenvalue weighted by atomic mass is 16.2. The van der Waals surface area contributed by atoms with Crippen LogP contribution in [0.25, 0.3) is 0 Å². The molecule has 0 aromatic heterocycles. The van der Waals surface area contributed by atoms with Crippen molar-refractivity contribution >= 4 is 5.91 Å². The zero-order chi connectivity index (χ0) is 9.42. The third-order valence-corrected chi connectivity index (χ3v) is 2.89. The summed E-state index contributed by atoms with van der Waals surface area (Å²) in [5.74, 6) is 0.0110. The highest BCUT2D eigenvalue weighted by Crippen LogP contribution is 2.31. The van der Waals surface area contributed by atoms with Gasteiger partial charge in [-0.25, -0.2) is 0 Å². The summed E-state index contributed by atoms with van der Waals surface area (Å²) >= 11 is 0. The number of piperazine rings is 1. The first-order valence-corrected chi connectivity index (χ1v) is 4.59. The first-order chi connectivity index (χ1) is 6.22. The Morgan fingerprint density at radius 3 is 2.69 bits per heavy atom. The highest BCUT2D eigenvalue weighted by Gasteiger charge is 2.45. The van der Waals surface area contributed by atoms with Gasteiger partial charge < -0.3 is 9.80 Å². The molecular formula is C9H13N3O. The third kappa shape index (κ3) is 1.29. The zero-order valence-electron chi connectivity index (χ0n) is 7.73. The van der Waals surface area contributed by atoms with Crippen LogP contribution >= 0.6 is 0 Å². The van der Waals surface area contributed by atoms with Crippen molar-refractivity contribution in [2.75, 3.05) is 20.1 Å². The molecule has 4 nitrogen and oxygen atoms in total. The van der Waals surface area contributed by atoms with Gasteiger partial charge in [-0.1, -0.05) is 0 Å². The van der Waals surface area contributed by atoms with Crippen LogP contribution in [-0.4, -0.2) is 47.9 Å². The van der Waals surface area contributed by atoms with Crippen LogP contribution in [0.5, 0.6) is 0 Å². The molecule has 3 aliphatic heterocycles. The molecule has 70 valence electrons. The van der Waals surface area contributed by atoms with Gasteiger partial charge in [-0.15, -0.1) is 0 Å². The van der Waals surface area contributed by atoms with Gasteiger partial charge >= 0.3 is 0 Å². The summed E-state index contributed by atoms with van der Waals surface area (Å²) < 4.78 is 0. The molecule has 3 saturated heterocycles. The Morgan fingerprint density at radius 1 is 1.54 bits per heavy atom. The Labute approximate surface area is 77.7 Å². The SMILES string of the molecule is CN1CC2CC(C1)N2C(=O)CC#N. The average Bonchev–Trinajstić information content (AvgIpc) is 2.03. The molecular weight excluding hydrogens is 166 g/mol. The molecule has 0 aliphatic carbocycles. The van der Waals surface area contributed by atoms with E-state index in [1.807, 2.05) is 11.0 Å². The molecule has 0 radical (unpaired) electrons. The fourth-order valence-corrected chi connectivity index (χ4v) is 2.39. The number of likely N-dealkylation sites (N-methyl/N-ethyl adjacent to an activating group) is 1. The van der Waals surface area contributed by atoms with E-state index in [0.29, 0.717) is 12.1 Å². The largest absolute Gasteiger partial charge is 0.333 e. The first kappa shape index (κ1) is 8.52. The third-order valence-electron chi connectivity index (χ3n) is 2.89. The Morgan fingerprint density at radius 2 is 2.15 bits per heavy atom. The van der Waals surface area contributed by atoms with Crippen molar-refractivity contribution in [2.24, 2.45) is 0 Å². The summed E-state index contributed by atoms with van der Waals surface area (Å²) in [4.78, 5) is 15.6. The van der Waals surface area contributed by atoms with Crippen LogP contribution in [-0.2, 0) is 4.79 Å². The Balaban J connectivity index is 1.98. The molecule has 3 fully saturated rings. The molecule has 2 atom stereocenters. The van der Waals surface area contributed by atoms with Gasteiger partial charge in [-0.2, -0.15) is 5.26 Å². The predicted molar refractivity (Wildman–Crippen MR) is 46.8 cm³/mol.